The molecule has 2 aromatic rings. The summed E-state index contributed by atoms with van der Waals surface area (Å²) < 4.78 is 26.6. The van der Waals surface area contributed by atoms with Gasteiger partial charge in [0.2, 0.25) is 0 Å². The predicted octanol–water partition coefficient (Wildman–Crippen LogP) is 1.74. The number of carboxylic acid groups (broad SMARTS) is 1. The van der Waals surface area contributed by atoms with Crippen molar-refractivity contribution in [2.24, 2.45) is 5.73 Å². The Labute approximate surface area is 129 Å². The normalized spacial score (nSPS) is 10.9. The number of thiophene rings is 1. The average molecular weight is 341 g/mol. The van der Waals surface area contributed by atoms with Crippen molar-refractivity contribution >= 4 is 44.7 Å². The molecule has 116 valence electrons. The molecule has 2 amide bonds. The molecule has 0 radical (unpaired) electrons. The minimum atomic E-state index is -3.92. The lowest BCUT2D eigenvalue weighted by atomic mass is 10.3. The second-order valence-electron chi connectivity index (χ2n) is 4.13. The van der Waals surface area contributed by atoms with Crippen molar-refractivity contribution in [1.29, 1.82) is 0 Å². The molecule has 0 atom stereocenters. The molecule has 0 fully saturated rings. The lowest BCUT2D eigenvalue weighted by Gasteiger charge is -2.08. The predicted molar refractivity (Wildman–Crippen MR) is 81.7 cm³/mol. The van der Waals surface area contributed by atoms with Gasteiger partial charge in [0.25, 0.3) is 10.0 Å². The number of carboxylic acids is 1. The van der Waals surface area contributed by atoms with Gasteiger partial charge in [0.1, 0.15) is 4.88 Å². The van der Waals surface area contributed by atoms with Crippen LogP contribution in [0.15, 0.2) is 40.6 Å². The zero-order valence-corrected chi connectivity index (χ0v) is 12.6. The van der Waals surface area contributed by atoms with E-state index >= 15 is 0 Å². The molecule has 1 aromatic carbocycles. The van der Waals surface area contributed by atoms with E-state index in [0.717, 1.165) is 17.4 Å². The highest BCUT2D eigenvalue weighted by molar-refractivity contribution is 7.92. The zero-order chi connectivity index (χ0) is 16.3. The Hall–Kier alpha value is -2.59. The number of rotatable bonds is 5. The van der Waals surface area contributed by atoms with Crippen LogP contribution in [0.1, 0.15) is 9.67 Å². The maximum absolute atomic E-state index is 12.2. The highest BCUT2D eigenvalue weighted by Gasteiger charge is 2.18. The number of aromatic carboxylic acids is 1. The number of hydrogen-bond acceptors (Lipinski definition) is 5. The molecule has 0 saturated carbocycles. The molecule has 0 aliphatic carbocycles. The third-order valence-electron chi connectivity index (χ3n) is 2.48. The number of hydrogen-bond donors (Lipinski definition) is 4. The summed E-state index contributed by atoms with van der Waals surface area (Å²) in [6, 6.07) is 6.22. The minimum absolute atomic E-state index is 0.0791. The quantitative estimate of drug-likeness (QED) is 0.656. The summed E-state index contributed by atoms with van der Waals surface area (Å²) >= 11 is 0.814. The van der Waals surface area contributed by atoms with E-state index in [1.54, 1.807) is 0 Å². The molecule has 0 unspecified atom stereocenters. The van der Waals surface area contributed by atoms with Crippen LogP contribution in [-0.2, 0) is 10.0 Å². The van der Waals surface area contributed by atoms with E-state index in [9.17, 15) is 18.0 Å². The minimum Gasteiger partial charge on any atom is -0.477 e. The fraction of sp³-hybridized carbons (Fsp3) is 0. The molecule has 22 heavy (non-hydrogen) atoms. The van der Waals surface area contributed by atoms with Gasteiger partial charge in [-0.1, -0.05) is 6.07 Å². The van der Waals surface area contributed by atoms with E-state index in [1.807, 2.05) is 0 Å². The van der Waals surface area contributed by atoms with Crippen molar-refractivity contribution in [1.82, 2.24) is 0 Å². The lowest BCUT2D eigenvalue weighted by Crippen LogP contribution is -2.19. The maximum atomic E-state index is 12.2. The Balaban J connectivity index is 2.24. The van der Waals surface area contributed by atoms with E-state index in [4.69, 9.17) is 10.8 Å². The van der Waals surface area contributed by atoms with Crippen LogP contribution in [0.5, 0.6) is 0 Å². The second kappa shape index (κ2) is 6.03. The van der Waals surface area contributed by atoms with Crippen LogP contribution in [0, 0.1) is 0 Å². The Bertz CT molecular complexity index is 829. The third kappa shape index (κ3) is 3.74. The summed E-state index contributed by atoms with van der Waals surface area (Å²) in [7, 11) is -3.92. The van der Waals surface area contributed by atoms with Gasteiger partial charge < -0.3 is 16.2 Å². The number of primary amides is 1. The molecule has 0 saturated heterocycles. The average Bonchev–Trinajstić information content (AvgIpc) is 2.88. The fourth-order valence-corrected chi connectivity index (χ4v) is 3.75. The molecule has 1 aromatic heterocycles. The van der Waals surface area contributed by atoms with Gasteiger partial charge >= 0.3 is 12.0 Å². The molecule has 1 heterocycles. The Morgan fingerprint density at radius 2 is 1.86 bits per heavy atom. The smallest absolute Gasteiger partial charge is 0.345 e. The lowest BCUT2D eigenvalue weighted by molar-refractivity contribution is 0.0702. The van der Waals surface area contributed by atoms with Crippen LogP contribution >= 0.6 is 11.3 Å². The van der Waals surface area contributed by atoms with Crippen LogP contribution in [-0.4, -0.2) is 25.5 Å². The van der Waals surface area contributed by atoms with Gasteiger partial charge in [-0.25, -0.2) is 18.0 Å². The van der Waals surface area contributed by atoms with E-state index in [0.29, 0.717) is 5.69 Å². The molecule has 8 nitrogen and oxygen atoms in total. The van der Waals surface area contributed by atoms with Crippen molar-refractivity contribution in [3.8, 4) is 0 Å². The van der Waals surface area contributed by atoms with Crippen molar-refractivity contribution < 1.29 is 23.1 Å². The Kier molecular flexibility index (Phi) is 4.33. The van der Waals surface area contributed by atoms with Gasteiger partial charge in [0.15, 0.2) is 0 Å². The highest BCUT2D eigenvalue weighted by Crippen LogP contribution is 2.23. The van der Waals surface area contributed by atoms with Crippen molar-refractivity contribution in [3.05, 3.63) is 40.6 Å². The van der Waals surface area contributed by atoms with E-state index in [1.165, 1.54) is 29.6 Å². The van der Waals surface area contributed by atoms with Gasteiger partial charge in [0, 0.05) is 11.1 Å². The summed E-state index contributed by atoms with van der Waals surface area (Å²) in [5.74, 6) is -1.20. The molecule has 0 aliphatic heterocycles. The van der Waals surface area contributed by atoms with Crippen LogP contribution in [0.2, 0.25) is 0 Å². The first kappa shape index (κ1) is 15.8. The van der Waals surface area contributed by atoms with Crippen molar-refractivity contribution in [2.45, 2.75) is 4.90 Å². The van der Waals surface area contributed by atoms with Crippen LogP contribution < -0.4 is 15.8 Å². The van der Waals surface area contributed by atoms with Crippen LogP contribution in [0.4, 0.5) is 16.2 Å². The number of carbonyl (C=O) groups is 2. The number of urea groups is 1. The first-order valence-electron chi connectivity index (χ1n) is 5.79. The van der Waals surface area contributed by atoms with Crippen LogP contribution in [0.3, 0.4) is 0 Å². The van der Waals surface area contributed by atoms with Crippen molar-refractivity contribution in [3.63, 3.8) is 0 Å². The SMILES string of the molecule is NC(=O)Nc1cccc(NS(=O)(=O)c2csc(C(=O)O)c2)c1. The number of amides is 2. The molecular formula is C12H11N3O5S2. The molecule has 0 spiro atoms. The number of nitrogens with one attached hydrogen (secondary N) is 2. The molecule has 2 rings (SSSR count). The first-order chi connectivity index (χ1) is 10.3. The Morgan fingerprint density at radius 1 is 1.18 bits per heavy atom. The van der Waals surface area contributed by atoms with Gasteiger partial charge in [-0.3, -0.25) is 4.72 Å². The van der Waals surface area contributed by atoms with Gasteiger partial charge in [-0.05, 0) is 24.3 Å². The number of anilines is 2. The number of nitrogens with two attached hydrogens (primary N) is 1. The molecule has 10 heteroatoms. The Morgan fingerprint density at radius 3 is 2.45 bits per heavy atom. The number of sulfonamides is 1. The number of carbonyl (C=O) groups excluding carboxylic acids is 1. The zero-order valence-electron chi connectivity index (χ0n) is 10.9. The monoisotopic (exact) mass is 341 g/mol. The molecule has 0 aliphatic rings. The molecule has 5 N–H and O–H groups in total. The summed E-state index contributed by atoms with van der Waals surface area (Å²) in [4.78, 5) is 21.3. The van der Waals surface area contributed by atoms with Crippen molar-refractivity contribution in [2.75, 3.05) is 10.0 Å². The summed E-state index contributed by atoms with van der Waals surface area (Å²) in [6.45, 7) is 0. The fourth-order valence-electron chi connectivity index (χ4n) is 1.59. The van der Waals surface area contributed by atoms with E-state index < -0.39 is 22.0 Å². The standard InChI is InChI=1S/C12H11N3O5S2/c13-12(18)14-7-2-1-3-8(4-7)15-22(19,20)9-5-10(11(16)17)21-6-9/h1-6,15H,(H,16,17)(H3,13,14,18). The van der Waals surface area contributed by atoms with Gasteiger partial charge in [-0.15, -0.1) is 11.3 Å². The van der Waals surface area contributed by atoms with Gasteiger partial charge in [-0.2, -0.15) is 0 Å². The summed E-state index contributed by atoms with van der Waals surface area (Å²) in [5.41, 5.74) is 5.51. The maximum Gasteiger partial charge on any atom is 0.345 e. The first-order valence-corrected chi connectivity index (χ1v) is 8.15. The summed E-state index contributed by atoms with van der Waals surface area (Å²) in [5, 5.41) is 12.4. The number of benzene rings is 1. The topological polar surface area (TPSA) is 139 Å². The van der Waals surface area contributed by atoms with Gasteiger partial charge in [0.05, 0.1) is 10.6 Å². The summed E-state index contributed by atoms with van der Waals surface area (Å²) in [6.07, 6.45) is 0. The largest absolute Gasteiger partial charge is 0.477 e. The third-order valence-corrected chi connectivity index (χ3v) is 4.91. The van der Waals surface area contributed by atoms with E-state index in [2.05, 4.69) is 10.0 Å². The van der Waals surface area contributed by atoms with E-state index in [-0.39, 0.29) is 15.5 Å². The molecule has 0 bridgehead atoms. The highest BCUT2D eigenvalue weighted by atomic mass is 32.2. The van der Waals surface area contributed by atoms with Crippen LogP contribution in [0.25, 0.3) is 0 Å². The molecular weight excluding hydrogens is 330 g/mol. The second-order valence-corrected chi connectivity index (χ2v) is 6.72.